The smallest absolute Gasteiger partial charge is 0.241 e. The number of nitrogens with zero attached hydrogens (tertiary/aromatic N) is 1. The third-order valence-electron chi connectivity index (χ3n) is 3.04. The molecule has 1 aromatic carbocycles. The highest BCUT2D eigenvalue weighted by Crippen LogP contribution is 2.20. The van der Waals surface area contributed by atoms with E-state index in [1.165, 1.54) is 11.3 Å². The lowest BCUT2D eigenvalue weighted by molar-refractivity contribution is 0.581. The maximum Gasteiger partial charge on any atom is 0.241 e. The summed E-state index contributed by atoms with van der Waals surface area (Å²) in [5, 5.41) is 0.947. The second kappa shape index (κ2) is 5.63. The van der Waals surface area contributed by atoms with Crippen molar-refractivity contribution < 1.29 is 8.42 Å². The van der Waals surface area contributed by atoms with Gasteiger partial charge in [0.1, 0.15) is 0 Å². The van der Waals surface area contributed by atoms with Crippen molar-refractivity contribution in [2.75, 3.05) is 0 Å². The Morgan fingerprint density at radius 2 is 1.90 bits per heavy atom. The number of nitrogens with one attached hydrogen (secondary N) is 1. The normalized spacial score (nSPS) is 11.8. The van der Waals surface area contributed by atoms with Gasteiger partial charge < -0.3 is 0 Å². The van der Waals surface area contributed by atoms with Crippen molar-refractivity contribution in [3.8, 4) is 0 Å². The summed E-state index contributed by atoms with van der Waals surface area (Å²) in [7, 11) is -3.48. The van der Waals surface area contributed by atoms with Crippen LogP contribution < -0.4 is 4.72 Å². The highest BCUT2D eigenvalue weighted by molar-refractivity contribution is 7.89. The minimum absolute atomic E-state index is 0.285. The van der Waals surface area contributed by atoms with Gasteiger partial charge in [0.2, 0.25) is 10.0 Å². The number of benzene rings is 1. The van der Waals surface area contributed by atoms with Crippen molar-refractivity contribution in [2.45, 2.75) is 39.1 Å². The van der Waals surface area contributed by atoms with E-state index in [2.05, 4.69) is 9.71 Å². The maximum absolute atomic E-state index is 12.3. The fourth-order valence-corrected chi connectivity index (χ4v) is 4.26. The van der Waals surface area contributed by atoms with Crippen LogP contribution in [0.25, 0.3) is 0 Å². The first-order valence-corrected chi connectivity index (χ1v) is 8.59. The quantitative estimate of drug-likeness (QED) is 0.944. The second-order valence-corrected chi connectivity index (χ2v) is 7.86. The molecule has 108 valence electrons. The first-order chi connectivity index (χ1) is 9.29. The molecule has 20 heavy (non-hydrogen) atoms. The molecule has 0 fully saturated rings. The average molecular weight is 310 g/mol. The van der Waals surface area contributed by atoms with Gasteiger partial charge in [0.05, 0.1) is 15.6 Å². The van der Waals surface area contributed by atoms with Crippen LogP contribution in [0.15, 0.2) is 23.1 Å². The number of aryl methyl sites for hydroxylation is 4. The Morgan fingerprint density at radius 3 is 2.45 bits per heavy atom. The van der Waals surface area contributed by atoms with Crippen molar-refractivity contribution in [3.05, 3.63) is 44.9 Å². The third-order valence-corrected chi connectivity index (χ3v) is 5.68. The summed E-state index contributed by atoms with van der Waals surface area (Å²) in [6.07, 6.45) is 0. The van der Waals surface area contributed by atoms with Crippen LogP contribution in [0.1, 0.15) is 26.7 Å². The van der Waals surface area contributed by atoms with Crippen LogP contribution in [-0.2, 0) is 16.6 Å². The predicted molar refractivity (Wildman–Crippen MR) is 81.5 cm³/mol. The van der Waals surface area contributed by atoms with Crippen LogP contribution >= 0.6 is 11.3 Å². The zero-order valence-corrected chi connectivity index (χ0v) is 13.7. The lowest BCUT2D eigenvalue weighted by Gasteiger charge is -2.09. The molecule has 0 saturated heterocycles. The number of thiazole rings is 1. The van der Waals surface area contributed by atoms with Crippen LogP contribution in [0.3, 0.4) is 0 Å². The summed E-state index contributed by atoms with van der Waals surface area (Å²) in [4.78, 5) is 5.59. The monoisotopic (exact) mass is 310 g/mol. The van der Waals surface area contributed by atoms with Gasteiger partial charge in [-0.1, -0.05) is 17.7 Å². The maximum atomic E-state index is 12.3. The van der Waals surface area contributed by atoms with Crippen LogP contribution in [0.2, 0.25) is 0 Å². The van der Waals surface area contributed by atoms with Gasteiger partial charge in [0, 0.05) is 11.4 Å². The lowest BCUT2D eigenvalue weighted by atomic mass is 10.2. The van der Waals surface area contributed by atoms with Gasteiger partial charge in [0.15, 0.2) is 0 Å². The molecule has 0 amide bonds. The summed E-state index contributed by atoms with van der Waals surface area (Å²) in [6.45, 7) is 7.85. The van der Waals surface area contributed by atoms with E-state index in [4.69, 9.17) is 0 Å². The molecular formula is C14H18N2O2S2. The molecule has 0 unspecified atom stereocenters. The molecule has 0 aliphatic carbocycles. The fraction of sp³-hybridized carbons (Fsp3) is 0.357. The van der Waals surface area contributed by atoms with E-state index in [-0.39, 0.29) is 6.54 Å². The number of hydrogen-bond donors (Lipinski definition) is 1. The highest BCUT2D eigenvalue weighted by atomic mass is 32.2. The highest BCUT2D eigenvalue weighted by Gasteiger charge is 2.17. The Balaban J connectivity index is 2.21. The first-order valence-electron chi connectivity index (χ1n) is 6.29. The SMILES string of the molecule is Cc1ccc(S(=O)(=O)NCc2sc(C)nc2C)c(C)c1. The molecule has 0 atom stereocenters. The van der Waals surface area contributed by atoms with E-state index >= 15 is 0 Å². The van der Waals surface area contributed by atoms with Crippen LogP contribution in [-0.4, -0.2) is 13.4 Å². The Labute approximate surface area is 123 Å². The molecule has 1 heterocycles. The average Bonchev–Trinajstić information content (AvgIpc) is 2.65. The van der Waals surface area contributed by atoms with Gasteiger partial charge in [-0.05, 0) is 39.3 Å². The van der Waals surface area contributed by atoms with Crippen molar-refractivity contribution in [2.24, 2.45) is 0 Å². The summed E-state index contributed by atoms with van der Waals surface area (Å²) in [6, 6.07) is 5.33. The van der Waals surface area contributed by atoms with E-state index in [0.29, 0.717) is 4.90 Å². The number of hydrogen-bond acceptors (Lipinski definition) is 4. The topological polar surface area (TPSA) is 59.1 Å². The van der Waals surface area contributed by atoms with E-state index in [1.54, 1.807) is 6.07 Å². The van der Waals surface area contributed by atoms with Gasteiger partial charge >= 0.3 is 0 Å². The van der Waals surface area contributed by atoms with Crippen LogP contribution in [0.4, 0.5) is 0 Å². The number of sulfonamides is 1. The van der Waals surface area contributed by atoms with Crippen molar-refractivity contribution in [3.63, 3.8) is 0 Å². The number of aromatic nitrogens is 1. The fourth-order valence-electron chi connectivity index (χ4n) is 2.08. The lowest BCUT2D eigenvalue weighted by Crippen LogP contribution is -2.24. The van der Waals surface area contributed by atoms with Crippen molar-refractivity contribution in [1.29, 1.82) is 0 Å². The summed E-state index contributed by atoms with van der Waals surface area (Å²) in [5.41, 5.74) is 2.70. The van der Waals surface area contributed by atoms with Gasteiger partial charge in [0.25, 0.3) is 0 Å². The first kappa shape index (κ1) is 15.2. The zero-order valence-electron chi connectivity index (χ0n) is 12.0. The summed E-state index contributed by atoms with van der Waals surface area (Å²) in [5.74, 6) is 0. The third kappa shape index (κ3) is 3.26. The van der Waals surface area contributed by atoms with Crippen LogP contribution in [0, 0.1) is 27.7 Å². The molecular weight excluding hydrogens is 292 g/mol. The molecule has 0 saturated carbocycles. The summed E-state index contributed by atoms with van der Waals surface area (Å²) >= 11 is 1.52. The van der Waals surface area contributed by atoms with Crippen molar-refractivity contribution in [1.82, 2.24) is 9.71 Å². The molecule has 6 heteroatoms. The van der Waals surface area contributed by atoms with E-state index < -0.39 is 10.0 Å². The Hall–Kier alpha value is -1.24. The molecule has 2 aromatic rings. The summed E-state index contributed by atoms with van der Waals surface area (Å²) < 4.78 is 27.3. The van der Waals surface area contributed by atoms with Gasteiger partial charge in [-0.2, -0.15) is 0 Å². The minimum Gasteiger partial charge on any atom is -0.247 e. The molecule has 0 aliphatic rings. The standard InChI is InChI=1S/C14H18N2O2S2/c1-9-5-6-14(10(2)7-9)20(17,18)15-8-13-11(3)16-12(4)19-13/h5-7,15H,8H2,1-4H3. The molecule has 0 aliphatic heterocycles. The molecule has 4 nitrogen and oxygen atoms in total. The molecule has 0 bridgehead atoms. The van der Waals surface area contributed by atoms with E-state index in [1.807, 2.05) is 39.8 Å². The molecule has 1 N–H and O–H groups in total. The second-order valence-electron chi connectivity index (χ2n) is 4.83. The van der Waals surface area contributed by atoms with E-state index in [9.17, 15) is 8.42 Å². The Morgan fingerprint density at radius 1 is 1.20 bits per heavy atom. The molecule has 2 rings (SSSR count). The largest absolute Gasteiger partial charge is 0.247 e. The van der Waals surface area contributed by atoms with Gasteiger partial charge in [-0.3, -0.25) is 0 Å². The van der Waals surface area contributed by atoms with Crippen LogP contribution in [0.5, 0.6) is 0 Å². The van der Waals surface area contributed by atoms with Gasteiger partial charge in [-0.15, -0.1) is 11.3 Å². The Bertz CT molecular complexity index is 734. The predicted octanol–water partition coefficient (Wildman–Crippen LogP) is 2.86. The van der Waals surface area contributed by atoms with E-state index in [0.717, 1.165) is 26.7 Å². The molecule has 1 aromatic heterocycles. The van der Waals surface area contributed by atoms with Crippen molar-refractivity contribution >= 4 is 21.4 Å². The molecule has 0 radical (unpaired) electrons. The zero-order chi connectivity index (χ0) is 14.9. The molecule has 0 spiro atoms. The van der Waals surface area contributed by atoms with Gasteiger partial charge in [-0.25, -0.2) is 18.1 Å². The number of rotatable bonds is 4. The Kier molecular flexibility index (Phi) is 4.27. The minimum atomic E-state index is -3.48.